The van der Waals surface area contributed by atoms with Crippen molar-refractivity contribution in [3.8, 4) is 5.75 Å². The van der Waals surface area contributed by atoms with Crippen LogP contribution in [0.5, 0.6) is 5.75 Å². The van der Waals surface area contributed by atoms with E-state index in [-0.39, 0.29) is 5.91 Å². The van der Waals surface area contributed by atoms with Gasteiger partial charge in [-0.05, 0) is 50.1 Å². The van der Waals surface area contributed by atoms with E-state index in [0.717, 1.165) is 61.8 Å². The molecule has 7 heteroatoms. The Bertz CT molecular complexity index is 1080. The fourth-order valence-corrected chi connectivity index (χ4v) is 4.53. The normalized spacial score (nSPS) is 14.6. The zero-order chi connectivity index (χ0) is 23.9. The number of carbonyl (C=O) groups is 1. The highest BCUT2D eigenvalue weighted by atomic mass is 16.5. The van der Waals surface area contributed by atoms with Crippen molar-refractivity contribution in [2.75, 3.05) is 44.7 Å². The Hall–Kier alpha value is -3.32. The summed E-state index contributed by atoms with van der Waals surface area (Å²) in [6, 6.07) is 18.5. The summed E-state index contributed by atoms with van der Waals surface area (Å²) in [6.07, 6.45) is 1.03. The first kappa shape index (κ1) is 23.8. The minimum absolute atomic E-state index is 0.0625. The van der Waals surface area contributed by atoms with Crippen molar-refractivity contribution in [3.05, 3.63) is 77.1 Å². The lowest BCUT2D eigenvalue weighted by Gasteiger charge is -2.23. The number of benzene rings is 2. The van der Waals surface area contributed by atoms with Gasteiger partial charge in [0.2, 0.25) is 5.91 Å². The molecule has 2 aromatic carbocycles. The maximum absolute atomic E-state index is 12.7. The second-order valence-electron chi connectivity index (χ2n) is 8.88. The quantitative estimate of drug-likeness (QED) is 0.557. The van der Waals surface area contributed by atoms with E-state index >= 15 is 0 Å². The number of rotatable bonds is 8. The van der Waals surface area contributed by atoms with Gasteiger partial charge in [-0.3, -0.25) is 14.4 Å². The van der Waals surface area contributed by atoms with Crippen LogP contribution in [0.15, 0.2) is 54.6 Å². The van der Waals surface area contributed by atoms with Gasteiger partial charge in [-0.1, -0.05) is 30.3 Å². The molecule has 0 unspecified atom stereocenters. The summed E-state index contributed by atoms with van der Waals surface area (Å²) < 4.78 is 7.29. The summed E-state index contributed by atoms with van der Waals surface area (Å²) in [5, 5.41) is 7.82. The Morgan fingerprint density at radius 2 is 1.76 bits per heavy atom. The smallest absolute Gasteiger partial charge is 0.234 e. The van der Waals surface area contributed by atoms with Gasteiger partial charge >= 0.3 is 0 Å². The van der Waals surface area contributed by atoms with Crippen LogP contribution in [0.3, 0.4) is 0 Å². The Labute approximate surface area is 202 Å². The van der Waals surface area contributed by atoms with Gasteiger partial charge < -0.3 is 15.0 Å². The Kier molecular flexibility index (Phi) is 7.85. The number of hydrogen-bond donors (Lipinski definition) is 1. The van der Waals surface area contributed by atoms with Crippen molar-refractivity contribution in [2.45, 2.75) is 33.4 Å². The van der Waals surface area contributed by atoms with Gasteiger partial charge in [0.15, 0.2) is 0 Å². The summed E-state index contributed by atoms with van der Waals surface area (Å²) in [6.45, 7) is 9.45. The van der Waals surface area contributed by atoms with Crippen LogP contribution in [0.1, 0.15) is 28.9 Å². The standard InChI is InChI=1S/C27H35N5O2/c1-21-26(22(2)32(29-21)19-23-8-5-4-6-9-23)18-28-27(33)20-30-14-7-15-31(17-16-30)24-10-12-25(34-3)13-11-24/h4-6,8-13H,7,14-20H2,1-3H3,(H,28,33). The van der Waals surface area contributed by atoms with Crippen LogP contribution in [-0.2, 0) is 17.9 Å². The number of methoxy groups -OCH3 is 1. The molecule has 1 saturated heterocycles. The van der Waals surface area contributed by atoms with Crippen LogP contribution in [0.2, 0.25) is 0 Å². The molecule has 1 N–H and O–H groups in total. The average molecular weight is 462 g/mol. The molecule has 3 aromatic rings. The van der Waals surface area contributed by atoms with E-state index in [1.54, 1.807) is 7.11 Å². The zero-order valence-electron chi connectivity index (χ0n) is 20.5. The molecule has 4 rings (SSSR count). The van der Waals surface area contributed by atoms with Crippen molar-refractivity contribution in [1.29, 1.82) is 0 Å². The predicted octanol–water partition coefficient (Wildman–Crippen LogP) is 3.39. The van der Waals surface area contributed by atoms with E-state index in [4.69, 9.17) is 9.84 Å². The number of ether oxygens (including phenoxy) is 1. The summed E-state index contributed by atoms with van der Waals surface area (Å²) >= 11 is 0. The molecule has 7 nitrogen and oxygen atoms in total. The van der Waals surface area contributed by atoms with Gasteiger partial charge in [-0.2, -0.15) is 5.10 Å². The van der Waals surface area contributed by atoms with Crippen molar-refractivity contribution in [1.82, 2.24) is 20.0 Å². The molecule has 0 bridgehead atoms. The van der Waals surface area contributed by atoms with Crippen molar-refractivity contribution in [3.63, 3.8) is 0 Å². The first-order chi connectivity index (χ1) is 16.5. The minimum atomic E-state index is 0.0625. The second kappa shape index (κ2) is 11.2. The lowest BCUT2D eigenvalue weighted by Crippen LogP contribution is -2.39. The van der Waals surface area contributed by atoms with Crippen LogP contribution in [0.25, 0.3) is 0 Å². The highest BCUT2D eigenvalue weighted by Crippen LogP contribution is 2.20. The van der Waals surface area contributed by atoms with Gasteiger partial charge in [-0.25, -0.2) is 0 Å². The molecule has 1 aliphatic heterocycles. The third-order valence-corrected chi connectivity index (χ3v) is 6.56. The molecule has 0 radical (unpaired) electrons. The Balaban J connectivity index is 1.28. The van der Waals surface area contributed by atoms with Crippen LogP contribution < -0.4 is 15.0 Å². The number of carbonyl (C=O) groups excluding carboxylic acids is 1. The van der Waals surface area contributed by atoms with Gasteiger partial charge in [0, 0.05) is 49.7 Å². The first-order valence-corrected chi connectivity index (χ1v) is 12.0. The summed E-state index contributed by atoms with van der Waals surface area (Å²) in [4.78, 5) is 17.4. The maximum Gasteiger partial charge on any atom is 0.234 e. The molecule has 0 aliphatic carbocycles. The number of aromatic nitrogens is 2. The second-order valence-corrected chi connectivity index (χ2v) is 8.88. The van der Waals surface area contributed by atoms with E-state index in [0.29, 0.717) is 13.1 Å². The molecule has 1 aliphatic rings. The van der Waals surface area contributed by atoms with E-state index in [1.807, 2.05) is 41.9 Å². The number of hydrogen-bond acceptors (Lipinski definition) is 5. The number of nitrogens with zero attached hydrogens (tertiary/aromatic N) is 4. The van der Waals surface area contributed by atoms with Crippen LogP contribution >= 0.6 is 0 Å². The molecule has 34 heavy (non-hydrogen) atoms. The maximum atomic E-state index is 12.7. The Morgan fingerprint density at radius 1 is 1.00 bits per heavy atom. The molecule has 1 amide bonds. The molecule has 1 fully saturated rings. The third-order valence-electron chi connectivity index (χ3n) is 6.56. The predicted molar refractivity (Wildman–Crippen MR) is 135 cm³/mol. The van der Waals surface area contributed by atoms with Gasteiger partial charge in [0.25, 0.3) is 0 Å². The number of anilines is 1. The van der Waals surface area contributed by atoms with E-state index in [9.17, 15) is 4.79 Å². The summed E-state index contributed by atoms with van der Waals surface area (Å²) in [5.74, 6) is 0.931. The van der Waals surface area contributed by atoms with Crippen LogP contribution in [0, 0.1) is 13.8 Å². The molecule has 2 heterocycles. The SMILES string of the molecule is COc1ccc(N2CCCN(CC(=O)NCc3c(C)nn(Cc4ccccc4)c3C)CC2)cc1. The highest BCUT2D eigenvalue weighted by molar-refractivity contribution is 5.78. The zero-order valence-corrected chi connectivity index (χ0v) is 20.5. The highest BCUT2D eigenvalue weighted by Gasteiger charge is 2.18. The van der Waals surface area contributed by atoms with Crippen molar-refractivity contribution < 1.29 is 9.53 Å². The number of nitrogens with one attached hydrogen (secondary N) is 1. The monoisotopic (exact) mass is 461 g/mol. The van der Waals surface area contributed by atoms with Crippen molar-refractivity contribution >= 4 is 11.6 Å². The number of aryl methyl sites for hydroxylation is 1. The lowest BCUT2D eigenvalue weighted by atomic mass is 10.2. The molecule has 0 saturated carbocycles. The average Bonchev–Trinajstić information content (AvgIpc) is 3.00. The lowest BCUT2D eigenvalue weighted by molar-refractivity contribution is -0.122. The summed E-state index contributed by atoms with van der Waals surface area (Å²) in [5.41, 5.74) is 5.59. The molecule has 0 spiro atoms. The van der Waals surface area contributed by atoms with Gasteiger partial charge in [-0.15, -0.1) is 0 Å². The first-order valence-electron chi connectivity index (χ1n) is 12.0. The largest absolute Gasteiger partial charge is 0.497 e. The fourth-order valence-electron chi connectivity index (χ4n) is 4.53. The molecule has 1 aromatic heterocycles. The molecular weight excluding hydrogens is 426 g/mol. The van der Waals surface area contributed by atoms with E-state index in [2.05, 4.69) is 46.3 Å². The Morgan fingerprint density at radius 3 is 2.50 bits per heavy atom. The van der Waals surface area contributed by atoms with Crippen molar-refractivity contribution in [2.24, 2.45) is 0 Å². The third kappa shape index (κ3) is 5.97. The van der Waals surface area contributed by atoms with Crippen LogP contribution in [-0.4, -0.2) is 60.4 Å². The van der Waals surface area contributed by atoms with Crippen LogP contribution in [0.4, 0.5) is 5.69 Å². The molecule has 0 atom stereocenters. The minimum Gasteiger partial charge on any atom is -0.497 e. The topological polar surface area (TPSA) is 62.6 Å². The van der Waals surface area contributed by atoms with Gasteiger partial charge in [0.1, 0.15) is 5.75 Å². The number of amides is 1. The molecular formula is C27H35N5O2. The van der Waals surface area contributed by atoms with Gasteiger partial charge in [0.05, 0.1) is 25.9 Å². The van der Waals surface area contributed by atoms with E-state index in [1.165, 1.54) is 11.3 Å². The summed E-state index contributed by atoms with van der Waals surface area (Å²) in [7, 11) is 1.68. The molecule has 180 valence electrons. The fraction of sp³-hybridized carbons (Fsp3) is 0.407. The van der Waals surface area contributed by atoms with E-state index < -0.39 is 0 Å².